The van der Waals surface area contributed by atoms with Crippen LogP contribution in [0.25, 0.3) is 0 Å². The SMILES string of the molecule is CC(C)(C)OC(=O)N1CCc2c(ccc(B3OC(C)(C)C(C)(C)O3)c2F)C1=O. The molecule has 152 valence electrons. The molecule has 1 aromatic carbocycles. The lowest BCUT2D eigenvalue weighted by molar-refractivity contribution is 0.00578. The van der Waals surface area contributed by atoms with Crippen molar-refractivity contribution in [1.29, 1.82) is 0 Å². The third kappa shape index (κ3) is 3.55. The van der Waals surface area contributed by atoms with E-state index in [1.807, 2.05) is 27.7 Å². The highest BCUT2D eigenvalue weighted by Gasteiger charge is 2.52. The zero-order valence-corrected chi connectivity index (χ0v) is 17.5. The fourth-order valence-electron chi connectivity index (χ4n) is 3.20. The highest BCUT2D eigenvalue weighted by Crippen LogP contribution is 2.37. The molecule has 2 aliphatic rings. The maximum atomic E-state index is 15.2. The summed E-state index contributed by atoms with van der Waals surface area (Å²) in [6.07, 6.45) is -0.516. The van der Waals surface area contributed by atoms with Gasteiger partial charge in [-0.1, -0.05) is 6.07 Å². The van der Waals surface area contributed by atoms with Gasteiger partial charge in [0.2, 0.25) is 0 Å². The van der Waals surface area contributed by atoms with Crippen molar-refractivity contribution in [2.45, 2.75) is 71.7 Å². The van der Waals surface area contributed by atoms with E-state index in [-0.39, 0.29) is 29.6 Å². The van der Waals surface area contributed by atoms with Crippen molar-refractivity contribution in [3.63, 3.8) is 0 Å². The number of amides is 2. The predicted octanol–water partition coefficient (Wildman–Crippen LogP) is 3.06. The molecule has 2 amide bonds. The molecular weight excluding hydrogens is 364 g/mol. The molecule has 1 aromatic rings. The predicted molar refractivity (Wildman–Crippen MR) is 103 cm³/mol. The first-order valence-corrected chi connectivity index (χ1v) is 9.45. The number of carbonyl (C=O) groups is 2. The lowest BCUT2D eigenvalue weighted by atomic mass is 9.76. The Morgan fingerprint density at radius 2 is 1.75 bits per heavy atom. The Morgan fingerprint density at radius 3 is 2.29 bits per heavy atom. The summed E-state index contributed by atoms with van der Waals surface area (Å²) in [6.45, 7) is 12.8. The molecule has 0 atom stereocenters. The summed E-state index contributed by atoms with van der Waals surface area (Å²) in [5, 5.41) is 0. The minimum absolute atomic E-state index is 0.0600. The molecule has 2 aliphatic heterocycles. The van der Waals surface area contributed by atoms with Gasteiger partial charge in [-0.3, -0.25) is 4.79 Å². The van der Waals surface area contributed by atoms with Crippen molar-refractivity contribution < 1.29 is 28.0 Å². The van der Waals surface area contributed by atoms with Crippen LogP contribution in [-0.2, 0) is 20.5 Å². The van der Waals surface area contributed by atoms with Crippen molar-refractivity contribution in [3.05, 3.63) is 29.1 Å². The van der Waals surface area contributed by atoms with Crippen molar-refractivity contribution in [2.24, 2.45) is 0 Å². The molecule has 0 spiro atoms. The molecule has 0 unspecified atom stereocenters. The molecule has 8 heteroatoms. The highest BCUT2D eigenvalue weighted by atomic mass is 19.1. The van der Waals surface area contributed by atoms with Gasteiger partial charge in [-0.25, -0.2) is 14.1 Å². The number of nitrogens with zero attached hydrogens (tertiary/aromatic N) is 1. The molecule has 0 aliphatic carbocycles. The van der Waals surface area contributed by atoms with Gasteiger partial charge in [0.05, 0.1) is 11.2 Å². The second-order valence-corrected chi connectivity index (χ2v) is 9.27. The standard InChI is InChI=1S/C20H27BFNO5/c1-18(2,3)26-17(25)23-11-10-12-13(16(23)24)8-9-14(15(12)22)21-27-19(4,5)20(6,7)28-21/h8-9H,10-11H2,1-7H3. The van der Waals surface area contributed by atoms with Gasteiger partial charge in [-0.05, 0) is 61.0 Å². The molecule has 1 fully saturated rings. The Labute approximate surface area is 165 Å². The van der Waals surface area contributed by atoms with E-state index in [2.05, 4.69) is 0 Å². The third-order valence-electron chi connectivity index (χ3n) is 5.46. The van der Waals surface area contributed by atoms with Gasteiger partial charge in [-0.2, -0.15) is 0 Å². The molecule has 2 heterocycles. The molecule has 28 heavy (non-hydrogen) atoms. The number of rotatable bonds is 1. The first-order chi connectivity index (χ1) is 12.7. The van der Waals surface area contributed by atoms with E-state index in [4.69, 9.17) is 14.0 Å². The number of benzene rings is 1. The summed E-state index contributed by atoms with van der Waals surface area (Å²) >= 11 is 0. The Balaban J connectivity index is 1.88. The number of ether oxygens (including phenoxy) is 1. The Morgan fingerprint density at radius 1 is 1.18 bits per heavy atom. The van der Waals surface area contributed by atoms with Crippen LogP contribution in [0.4, 0.5) is 9.18 Å². The van der Waals surface area contributed by atoms with E-state index in [1.54, 1.807) is 20.8 Å². The van der Waals surface area contributed by atoms with E-state index in [0.717, 1.165) is 4.90 Å². The second kappa shape index (κ2) is 6.56. The molecule has 0 aromatic heterocycles. The van der Waals surface area contributed by atoms with E-state index < -0.39 is 41.7 Å². The Hall–Kier alpha value is -1.93. The lowest BCUT2D eigenvalue weighted by Crippen LogP contribution is -2.46. The molecule has 0 saturated carbocycles. The van der Waals surface area contributed by atoms with Crippen LogP contribution >= 0.6 is 0 Å². The van der Waals surface area contributed by atoms with E-state index in [0.29, 0.717) is 0 Å². The average molecular weight is 391 g/mol. The molecule has 3 rings (SSSR count). The maximum Gasteiger partial charge on any atom is 0.497 e. The monoisotopic (exact) mass is 391 g/mol. The van der Waals surface area contributed by atoms with E-state index >= 15 is 4.39 Å². The van der Waals surface area contributed by atoms with E-state index in [1.165, 1.54) is 12.1 Å². The van der Waals surface area contributed by atoms with Gasteiger partial charge >= 0.3 is 13.2 Å². The fourth-order valence-corrected chi connectivity index (χ4v) is 3.20. The molecule has 0 radical (unpaired) electrons. The van der Waals surface area contributed by atoms with Crippen LogP contribution in [-0.4, -0.2) is 47.4 Å². The normalized spacial score (nSPS) is 20.9. The van der Waals surface area contributed by atoms with Crippen molar-refractivity contribution in [3.8, 4) is 0 Å². The summed E-state index contributed by atoms with van der Waals surface area (Å²) in [7, 11) is -0.853. The van der Waals surface area contributed by atoms with Crippen LogP contribution < -0.4 is 5.46 Å². The van der Waals surface area contributed by atoms with Crippen LogP contribution in [0.2, 0.25) is 0 Å². The summed E-state index contributed by atoms with van der Waals surface area (Å²) in [5.41, 5.74) is -1.21. The maximum absolute atomic E-state index is 15.2. The average Bonchev–Trinajstić information content (AvgIpc) is 2.74. The minimum atomic E-state index is -0.853. The second-order valence-electron chi connectivity index (χ2n) is 9.27. The number of imide groups is 1. The van der Waals surface area contributed by atoms with Gasteiger partial charge in [-0.15, -0.1) is 0 Å². The van der Waals surface area contributed by atoms with Crippen molar-refractivity contribution >= 4 is 24.6 Å². The van der Waals surface area contributed by atoms with Crippen molar-refractivity contribution in [2.75, 3.05) is 6.54 Å². The van der Waals surface area contributed by atoms with Crippen LogP contribution in [0.15, 0.2) is 12.1 Å². The molecule has 0 bridgehead atoms. The molecule has 0 N–H and O–H groups in total. The smallest absolute Gasteiger partial charge is 0.443 e. The number of hydrogen-bond acceptors (Lipinski definition) is 5. The highest BCUT2D eigenvalue weighted by molar-refractivity contribution is 6.62. The lowest BCUT2D eigenvalue weighted by Gasteiger charge is -2.32. The topological polar surface area (TPSA) is 65.1 Å². The summed E-state index contributed by atoms with van der Waals surface area (Å²) in [6, 6.07) is 3.02. The zero-order valence-electron chi connectivity index (χ0n) is 17.5. The van der Waals surface area contributed by atoms with Gasteiger partial charge < -0.3 is 14.0 Å². The number of hydrogen-bond donors (Lipinski definition) is 0. The summed E-state index contributed by atoms with van der Waals surface area (Å²) in [4.78, 5) is 26.0. The summed E-state index contributed by atoms with van der Waals surface area (Å²) < 4.78 is 32.4. The molecule has 6 nitrogen and oxygen atoms in total. The fraction of sp³-hybridized carbons (Fsp3) is 0.600. The number of carbonyl (C=O) groups excluding carboxylic acids is 2. The minimum Gasteiger partial charge on any atom is -0.443 e. The Bertz CT molecular complexity index is 815. The molecular formula is C20H27BFNO5. The summed E-state index contributed by atoms with van der Waals surface area (Å²) in [5.74, 6) is -1.08. The quantitative estimate of drug-likeness (QED) is 0.689. The number of fused-ring (bicyclic) bond motifs is 1. The Kier molecular flexibility index (Phi) is 4.87. The first kappa shape index (κ1) is 20.8. The van der Waals surface area contributed by atoms with Gasteiger partial charge in [0, 0.05) is 23.1 Å². The number of halogens is 1. The first-order valence-electron chi connectivity index (χ1n) is 9.45. The van der Waals surface area contributed by atoms with Crippen molar-refractivity contribution in [1.82, 2.24) is 4.90 Å². The van der Waals surface area contributed by atoms with E-state index in [9.17, 15) is 9.59 Å². The van der Waals surface area contributed by atoms with Crippen LogP contribution in [0, 0.1) is 5.82 Å². The molecule has 1 saturated heterocycles. The third-order valence-corrected chi connectivity index (χ3v) is 5.46. The zero-order chi connectivity index (χ0) is 21.1. The van der Waals surface area contributed by atoms with Crippen LogP contribution in [0.1, 0.15) is 64.4 Å². The van der Waals surface area contributed by atoms with Crippen LogP contribution in [0.5, 0.6) is 0 Å². The van der Waals surface area contributed by atoms with Gasteiger partial charge in [0.1, 0.15) is 11.4 Å². The largest absolute Gasteiger partial charge is 0.497 e. The van der Waals surface area contributed by atoms with Gasteiger partial charge in [0.25, 0.3) is 5.91 Å². The van der Waals surface area contributed by atoms with Gasteiger partial charge in [0.15, 0.2) is 0 Å². The van der Waals surface area contributed by atoms with Crippen LogP contribution in [0.3, 0.4) is 0 Å².